The molecule has 1 aromatic heterocycles. The minimum atomic E-state index is -0.771. The van der Waals surface area contributed by atoms with Crippen LogP contribution in [0, 0.1) is 25.2 Å². The van der Waals surface area contributed by atoms with Gasteiger partial charge in [-0.25, -0.2) is 0 Å². The van der Waals surface area contributed by atoms with E-state index in [0.717, 1.165) is 24.3 Å². The Hall–Kier alpha value is -0.960. The Bertz CT molecular complexity index is 715. The molecule has 0 saturated heterocycles. The summed E-state index contributed by atoms with van der Waals surface area (Å²) in [4.78, 5) is 12.5. The van der Waals surface area contributed by atoms with E-state index in [0.29, 0.717) is 5.56 Å². The third-order valence-electron chi connectivity index (χ3n) is 3.18. The molecule has 1 aromatic carbocycles. The molecule has 1 unspecified atom stereocenters. The number of ketones is 1. The van der Waals surface area contributed by atoms with Crippen molar-refractivity contribution in [2.24, 2.45) is 0 Å². The number of aryl methyl sites for hydroxylation is 2. The van der Waals surface area contributed by atoms with Crippen LogP contribution >= 0.6 is 43.2 Å². The highest BCUT2D eigenvalue weighted by molar-refractivity contribution is 9.12. The zero-order chi connectivity index (χ0) is 14.9. The van der Waals surface area contributed by atoms with E-state index in [1.807, 2.05) is 32.0 Å². The van der Waals surface area contributed by atoms with Crippen LogP contribution < -0.4 is 0 Å². The molecule has 5 heteroatoms. The zero-order valence-electron chi connectivity index (χ0n) is 10.9. The van der Waals surface area contributed by atoms with Crippen molar-refractivity contribution in [1.29, 1.82) is 5.26 Å². The minimum absolute atomic E-state index is 0.176. The number of carbonyl (C=O) groups is 1. The van der Waals surface area contributed by atoms with Crippen molar-refractivity contribution < 1.29 is 4.79 Å². The average molecular weight is 413 g/mol. The Balaban J connectivity index is 2.42. The molecule has 0 aliphatic rings. The van der Waals surface area contributed by atoms with Gasteiger partial charge in [0.05, 0.1) is 13.6 Å². The van der Waals surface area contributed by atoms with Crippen molar-refractivity contribution in [2.75, 3.05) is 0 Å². The monoisotopic (exact) mass is 411 g/mol. The number of benzene rings is 1. The molecule has 0 spiro atoms. The molecule has 102 valence electrons. The van der Waals surface area contributed by atoms with E-state index in [2.05, 4.69) is 37.9 Å². The van der Waals surface area contributed by atoms with Crippen molar-refractivity contribution in [3.63, 3.8) is 0 Å². The summed E-state index contributed by atoms with van der Waals surface area (Å²) >= 11 is 8.15. The molecule has 0 amide bonds. The maximum atomic E-state index is 12.5. The molecular weight excluding hydrogens is 402 g/mol. The highest BCUT2D eigenvalue weighted by Crippen LogP contribution is 2.35. The first kappa shape index (κ1) is 15.4. The lowest BCUT2D eigenvalue weighted by molar-refractivity contribution is 0.0978. The molecule has 0 aliphatic carbocycles. The fraction of sp³-hybridized carbons (Fsp3) is 0.200. The number of rotatable bonds is 3. The van der Waals surface area contributed by atoms with Crippen LogP contribution in [0.25, 0.3) is 0 Å². The van der Waals surface area contributed by atoms with E-state index in [1.165, 1.54) is 11.3 Å². The number of thiophene rings is 1. The summed E-state index contributed by atoms with van der Waals surface area (Å²) in [5, 5.41) is 9.37. The van der Waals surface area contributed by atoms with Crippen molar-refractivity contribution in [2.45, 2.75) is 19.8 Å². The SMILES string of the molecule is Cc1ccc(C(C#N)C(=O)c2cc(Br)sc2Br)cc1C. The standard InChI is InChI=1S/C15H11Br2NOS/c1-8-3-4-10(5-9(8)2)12(7-18)14(19)11-6-13(16)20-15(11)17/h3-6,12H,1-2H3. The van der Waals surface area contributed by atoms with Gasteiger partial charge in [-0.1, -0.05) is 18.2 Å². The summed E-state index contributed by atoms with van der Waals surface area (Å²) in [7, 11) is 0. The molecule has 0 radical (unpaired) electrons. The molecule has 20 heavy (non-hydrogen) atoms. The topological polar surface area (TPSA) is 40.9 Å². The van der Waals surface area contributed by atoms with Gasteiger partial charge in [-0.15, -0.1) is 11.3 Å². The van der Waals surface area contributed by atoms with Gasteiger partial charge in [-0.3, -0.25) is 4.79 Å². The molecular formula is C15H11Br2NOS. The van der Waals surface area contributed by atoms with Gasteiger partial charge in [0.25, 0.3) is 0 Å². The molecule has 1 heterocycles. The summed E-state index contributed by atoms with van der Waals surface area (Å²) in [6, 6.07) is 9.58. The Labute approximate surface area is 138 Å². The van der Waals surface area contributed by atoms with Crippen LogP contribution in [-0.4, -0.2) is 5.78 Å². The summed E-state index contributed by atoms with van der Waals surface area (Å²) in [5.74, 6) is -0.948. The molecule has 0 bridgehead atoms. The highest BCUT2D eigenvalue weighted by atomic mass is 79.9. The Morgan fingerprint density at radius 3 is 2.45 bits per heavy atom. The fourth-order valence-corrected chi connectivity index (χ4v) is 4.71. The van der Waals surface area contributed by atoms with Crippen LogP contribution in [0.3, 0.4) is 0 Å². The summed E-state index contributed by atoms with van der Waals surface area (Å²) in [6.45, 7) is 3.99. The van der Waals surface area contributed by atoms with E-state index in [9.17, 15) is 10.1 Å². The largest absolute Gasteiger partial charge is 0.292 e. The van der Waals surface area contributed by atoms with Gasteiger partial charge < -0.3 is 0 Å². The second kappa shape index (κ2) is 6.21. The number of nitriles is 1. The van der Waals surface area contributed by atoms with Gasteiger partial charge in [0, 0.05) is 5.56 Å². The Morgan fingerprint density at radius 2 is 1.95 bits per heavy atom. The summed E-state index contributed by atoms with van der Waals surface area (Å²) in [6.07, 6.45) is 0. The average Bonchev–Trinajstić information content (AvgIpc) is 2.73. The van der Waals surface area contributed by atoms with Crippen LogP contribution in [-0.2, 0) is 0 Å². The number of halogens is 2. The smallest absolute Gasteiger partial charge is 0.186 e. The van der Waals surface area contributed by atoms with Crippen LogP contribution in [0.2, 0.25) is 0 Å². The zero-order valence-corrected chi connectivity index (χ0v) is 14.9. The second-order valence-electron chi connectivity index (χ2n) is 4.51. The summed E-state index contributed by atoms with van der Waals surface area (Å²) < 4.78 is 1.61. The van der Waals surface area contributed by atoms with E-state index >= 15 is 0 Å². The summed E-state index contributed by atoms with van der Waals surface area (Å²) in [5.41, 5.74) is 3.53. The van der Waals surface area contributed by atoms with Gasteiger partial charge in [-0.05, 0) is 68.5 Å². The lowest BCUT2D eigenvalue weighted by Gasteiger charge is -2.10. The maximum Gasteiger partial charge on any atom is 0.186 e. The molecule has 0 fully saturated rings. The fourth-order valence-electron chi connectivity index (χ4n) is 1.89. The van der Waals surface area contributed by atoms with E-state index in [4.69, 9.17) is 0 Å². The van der Waals surface area contributed by atoms with Crippen molar-refractivity contribution >= 4 is 49.0 Å². The number of hydrogen-bond acceptors (Lipinski definition) is 3. The van der Waals surface area contributed by atoms with E-state index < -0.39 is 5.92 Å². The van der Waals surface area contributed by atoms with Crippen molar-refractivity contribution in [3.05, 3.63) is 54.1 Å². The number of hydrogen-bond donors (Lipinski definition) is 0. The molecule has 2 aromatic rings. The minimum Gasteiger partial charge on any atom is -0.292 e. The van der Waals surface area contributed by atoms with Crippen molar-refractivity contribution in [3.8, 4) is 6.07 Å². The van der Waals surface area contributed by atoms with E-state index in [1.54, 1.807) is 6.07 Å². The van der Waals surface area contributed by atoms with E-state index in [-0.39, 0.29) is 5.78 Å². The molecule has 0 N–H and O–H groups in total. The first-order valence-corrected chi connectivity index (χ1v) is 8.30. The van der Waals surface area contributed by atoms with Crippen LogP contribution in [0.4, 0.5) is 0 Å². The van der Waals surface area contributed by atoms with Crippen LogP contribution in [0.5, 0.6) is 0 Å². The van der Waals surface area contributed by atoms with Gasteiger partial charge in [0.15, 0.2) is 5.78 Å². The molecule has 2 rings (SSSR count). The van der Waals surface area contributed by atoms with Gasteiger partial charge >= 0.3 is 0 Å². The first-order chi connectivity index (χ1) is 9.43. The lowest BCUT2D eigenvalue weighted by Crippen LogP contribution is -2.11. The van der Waals surface area contributed by atoms with Crippen LogP contribution in [0.1, 0.15) is 33.0 Å². The first-order valence-electron chi connectivity index (χ1n) is 5.90. The molecule has 2 nitrogen and oxygen atoms in total. The predicted octanol–water partition coefficient (Wildman–Crippen LogP) is 5.38. The van der Waals surface area contributed by atoms with Crippen LogP contribution in [0.15, 0.2) is 31.8 Å². The van der Waals surface area contributed by atoms with Gasteiger partial charge in [0.2, 0.25) is 0 Å². The Kier molecular flexibility index (Phi) is 4.79. The highest BCUT2D eigenvalue weighted by Gasteiger charge is 2.25. The van der Waals surface area contributed by atoms with Crippen molar-refractivity contribution in [1.82, 2.24) is 0 Å². The molecule has 1 atom stereocenters. The number of Topliss-reactive ketones (excluding diaryl/α,β-unsaturated/α-hetero) is 1. The predicted molar refractivity (Wildman–Crippen MR) is 88.3 cm³/mol. The third kappa shape index (κ3) is 3.03. The quantitative estimate of drug-likeness (QED) is 0.635. The third-order valence-corrected chi connectivity index (χ3v) is 5.52. The number of nitrogens with zero attached hydrogens (tertiary/aromatic N) is 1. The second-order valence-corrected chi connectivity index (χ2v) is 8.26. The van der Waals surface area contributed by atoms with Gasteiger partial charge in [-0.2, -0.15) is 5.26 Å². The number of carbonyl (C=O) groups excluding carboxylic acids is 1. The normalized spacial score (nSPS) is 11.9. The lowest BCUT2D eigenvalue weighted by atomic mass is 9.91. The molecule has 0 aliphatic heterocycles. The van der Waals surface area contributed by atoms with Gasteiger partial charge in [0.1, 0.15) is 5.92 Å². The molecule has 0 saturated carbocycles. The Morgan fingerprint density at radius 1 is 1.25 bits per heavy atom. The maximum absolute atomic E-state index is 12.5.